The molecule has 0 aromatic heterocycles. The summed E-state index contributed by atoms with van der Waals surface area (Å²) in [7, 11) is 0. The topological polar surface area (TPSA) is 86.6 Å². The van der Waals surface area contributed by atoms with Crippen molar-refractivity contribution in [1.29, 1.82) is 0 Å². The highest BCUT2D eigenvalue weighted by Gasteiger charge is 2.10. The van der Waals surface area contributed by atoms with Gasteiger partial charge in [0, 0.05) is 12.1 Å². The van der Waals surface area contributed by atoms with Crippen molar-refractivity contribution in [2.45, 2.75) is 0 Å². The number of nitrogens with one attached hydrogen (secondary N) is 1. The van der Waals surface area contributed by atoms with Crippen LogP contribution in [-0.4, -0.2) is 35.6 Å². The van der Waals surface area contributed by atoms with Gasteiger partial charge in [-0.05, 0) is 18.2 Å². The van der Waals surface area contributed by atoms with Gasteiger partial charge >= 0.3 is 0 Å². The molecule has 0 spiro atoms. The van der Waals surface area contributed by atoms with Crippen LogP contribution >= 0.6 is 0 Å². The lowest BCUT2D eigenvalue weighted by Crippen LogP contribution is -2.26. The molecule has 0 radical (unpaired) electrons. The molecule has 1 rings (SSSR count). The molecule has 80 valence electrons. The van der Waals surface area contributed by atoms with Crippen LogP contribution in [0.5, 0.6) is 5.75 Å². The molecule has 0 atom stereocenters. The van der Waals surface area contributed by atoms with Crippen molar-refractivity contribution in [2.24, 2.45) is 0 Å². The fourth-order valence-corrected chi connectivity index (χ4v) is 1.07. The van der Waals surface area contributed by atoms with E-state index >= 15 is 0 Å². The third-order valence-corrected chi connectivity index (χ3v) is 1.80. The molecular formula is C10H11NO4. The van der Waals surface area contributed by atoms with Crippen LogP contribution in [0.4, 0.5) is 0 Å². The average Bonchev–Trinajstić information content (AvgIpc) is 2.26. The number of hydrogen-bond acceptors (Lipinski definition) is 4. The number of phenols is 1. The number of hydrogen-bond donors (Lipinski definition) is 3. The lowest BCUT2D eigenvalue weighted by Gasteiger charge is -2.05. The average molecular weight is 209 g/mol. The zero-order chi connectivity index (χ0) is 11.3. The molecule has 0 saturated carbocycles. The Hall–Kier alpha value is -1.88. The lowest BCUT2D eigenvalue weighted by molar-refractivity contribution is 0.0942. The predicted octanol–water partition coefficient (Wildman–Crippen LogP) is -0.0732. The van der Waals surface area contributed by atoms with Gasteiger partial charge in [-0.1, -0.05) is 0 Å². The molecule has 1 aromatic carbocycles. The zero-order valence-corrected chi connectivity index (χ0v) is 7.93. The maximum atomic E-state index is 11.4. The highest BCUT2D eigenvalue weighted by molar-refractivity contribution is 5.98. The molecular weight excluding hydrogens is 198 g/mol. The largest absolute Gasteiger partial charge is 0.507 e. The van der Waals surface area contributed by atoms with E-state index in [2.05, 4.69) is 5.32 Å². The Morgan fingerprint density at radius 3 is 2.80 bits per heavy atom. The van der Waals surface area contributed by atoms with Crippen LogP contribution in [-0.2, 0) is 0 Å². The Morgan fingerprint density at radius 2 is 2.20 bits per heavy atom. The van der Waals surface area contributed by atoms with Crippen LogP contribution < -0.4 is 5.32 Å². The monoisotopic (exact) mass is 209 g/mol. The van der Waals surface area contributed by atoms with E-state index in [4.69, 9.17) is 5.11 Å². The van der Waals surface area contributed by atoms with E-state index in [9.17, 15) is 14.7 Å². The fraction of sp³-hybridized carbons (Fsp3) is 0.200. The van der Waals surface area contributed by atoms with Crippen molar-refractivity contribution in [3.63, 3.8) is 0 Å². The summed E-state index contributed by atoms with van der Waals surface area (Å²) in [6, 6.07) is 3.97. The quantitative estimate of drug-likeness (QED) is 0.606. The van der Waals surface area contributed by atoms with Gasteiger partial charge in [-0.15, -0.1) is 0 Å². The molecule has 15 heavy (non-hydrogen) atoms. The molecule has 0 bridgehead atoms. The number of carbonyl (C=O) groups excluding carboxylic acids is 2. The Morgan fingerprint density at radius 1 is 1.47 bits per heavy atom. The molecule has 3 N–H and O–H groups in total. The number of aromatic hydroxyl groups is 1. The minimum absolute atomic E-state index is 0.0213. The minimum atomic E-state index is -0.523. The summed E-state index contributed by atoms with van der Waals surface area (Å²) in [4.78, 5) is 21.8. The number of aliphatic hydroxyl groups is 1. The number of carbonyl (C=O) groups is 2. The normalized spacial score (nSPS) is 9.67. The van der Waals surface area contributed by atoms with Gasteiger partial charge < -0.3 is 15.5 Å². The van der Waals surface area contributed by atoms with Crippen molar-refractivity contribution in [2.75, 3.05) is 13.2 Å². The van der Waals surface area contributed by atoms with Crippen molar-refractivity contribution in [3.05, 3.63) is 29.3 Å². The van der Waals surface area contributed by atoms with Gasteiger partial charge in [0.15, 0.2) is 0 Å². The Bertz CT molecular complexity index is 376. The third kappa shape index (κ3) is 2.78. The summed E-state index contributed by atoms with van der Waals surface area (Å²) in [5.41, 5.74) is 0.329. The Balaban J connectivity index is 2.91. The molecule has 0 aliphatic rings. The van der Waals surface area contributed by atoms with Gasteiger partial charge in [0.2, 0.25) is 0 Å². The highest BCUT2D eigenvalue weighted by atomic mass is 16.3. The summed E-state index contributed by atoms with van der Waals surface area (Å²) >= 11 is 0. The van der Waals surface area contributed by atoms with Crippen LogP contribution in [0.15, 0.2) is 18.2 Å². The molecule has 1 amide bonds. The molecule has 0 unspecified atom stereocenters. The molecule has 5 heteroatoms. The first-order valence-electron chi connectivity index (χ1n) is 4.36. The zero-order valence-electron chi connectivity index (χ0n) is 7.93. The molecule has 0 fully saturated rings. The van der Waals surface area contributed by atoms with Gasteiger partial charge in [-0.2, -0.15) is 0 Å². The number of phenolic OH excluding ortho intramolecular Hbond substituents is 1. The second-order valence-corrected chi connectivity index (χ2v) is 2.87. The van der Waals surface area contributed by atoms with Crippen LogP contribution in [0.2, 0.25) is 0 Å². The van der Waals surface area contributed by atoms with Gasteiger partial charge in [0.1, 0.15) is 12.0 Å². The molecule has 1 aromatic rings. The van der Waals surface area contributed by atoms with E-state index in [0.29, 0.717) is 11.8 Å². The van der Waals surface area contributed by atoms with Crippen LogP contribution in [0, 0.1) is 0 Å². The smallest absolute Gasteiger partial charge is 0.255 e. The van der Waals surface area contributed by atoms with Gasteiger partial charge in [0.25, 0.3) is 5.91 Å². The van der Waals surface area contributed by atoms with E-state index in [1.807, 2.05) is 0 Å². The highest BCUT2D eigenvalue weighted by Crippen LogP contribution is 2.17. The molecule has 0 heterocycles. The van der Waals surface area contributed by atoms with Crippen molar-refractivity contribution >= 4 is 12.2 Å². The predicted molar refractivity (Wildman–Crippen MR) is 52.9 cm³/mol. The number of benzene rings is 1. The number of rotatable bonds is 4. The first-order chi connectivity index (χ1) is 7.19. The lowest BCUT2D eigenvalue weighted by atomic mass is 10.1. The second kappa shape index (κ2) is 5.11. The summed E-state index contributed by atoms with van der Waals surface area (Å²) in [6.45, 7) is -0.0799. The van der Waals surface area contributed by atoms with Crippen molar-refractivity contribution in [1.82, 2.24) is 5.32 Å². The third-order valence-electron chi connectivity index (χ3n) is 1.80. The van der Waals surface area contributed by atoms with Crippen LogP contribution in [0.25, 0.3) is 0 Å². The van der Waals surface area contributed by atoms with Crippen molar-refractivity contribution < 1.29 is 19.8 Å². The first kappa shape index (κ1) is 11.2. The standard InChI is InChI=1S/C10H11NO4/c12-4-3-11-10(15)8-5-7(6-13)1-2-9(8)14/h1-2,5-6,12,14H,3-4H2,(H,11,15). The maximum absolute atomic E-state index is 11.4. The molecule has 0 saturated heterocycles. The number of amides is 1. The van der Waals surface area contributed by atoms with Gasteiger partial charge in [-0.25, -0.2) is 0 Å². The minimum Gasteiger partial charge on any atom is -0.507 e. The maximum Gasteiger partial charge on any atom is 0.255 e. The summed E-state index contributed by atoms with van der Waals surface area (Å²) < 4.78 is 0. The van der Waals surface area contributed by atoms with Crippen LogP contribution in [0.3, 0.4) is 0 Å². The van der Waals surface area contributed by atoms with Gasteiger partial charge in [-0.3, -0.25) is 9.59 Å². The van der Waals surface area contributed by atoms with E-state index in [-0.39, 0.29) is 24.5 Å². The van der Waals surface area contributed by atoms with Crippen LogP contribution in [0.1, 0.15) is 20.7 Å². The Labute approximate surface area is 86.4 Å². The number of aliphatic hydroxyl groups excluding tert-OH is 1. The Kier molecular flexibility index (Phi) is 3.82. The summed E-state index contributed by atoms with van der Waals surface area (Å²) in [6.07, 6.45) is 0.586. The van der Waals surface area contributed by atoms with E-state index < -0.39 is 5.91 Å². The molecule has 5 nitrogen and oxygen atoms in total. The second-order valence-electron chi connectivity index (χ2n) is 2.87. The summed E-state index contributed by atoms with van der Waals surface area (Å²) in [5, 5.41) is 20.2. The van der Waals surface area contributed by atoms with E-state index in [1.165, 1.54) is 18.2 Å². The van der Waals surface area contributed by atoms with Crippen molar-refractivity contribution in [3.8, 4) is 5.75 Å². The van der Waals surface area contributed by atoms with E-state index in [1.54, 1.807) is 0 Å². The molecule has 0 aliphatic carbocycles. The number of aldehydes is 1. The SMILES string of the molecule is O=Cc1ccc(O)c(C(=O)NCCO)c1. The first-order valence-corrected chi connectivity index (χ1v) is 4.36. The van der Waals surface area contributed by atoms with E-state index in [0.717, 1.165) is 0 Å². The fourth-order valence-electron chi connectivity index (χ4n) is 1.07. The molecule has 0 aliphatic heterocycles. The summed E-state index contributed by atoms with van der Waals surface area (Å²) in [5.74, 6) is -0.721. The van der Waals surface area contributed by atoms with Gasteiger partial charge in [0.05, 0.1) is 12.2 Å².